The molecule has 0 fully saturated rings. The molecule has 2 N–H and O–H groups in total. The van der Waals surface area contributed by atoms with E-state index in [0.29, 0.717) is 12.3 Å². The number of anilines is 1. The zero-order valence-electron chi connectivity index (χ0n) is 11.8. The molecule has 120 valence electrons. The first-order valence-corrected chi connectivity index (χ1v) is 6.76. The standard InChI is InChI=1S/C14H20F3NO3/c1-2-3-7-20-10-12(19)9-18-11-5-4-6-13(8-11)21-14(15,16)17/h4-6,8,12,18-19H,2-3,7,9-10H2,1H3. The van der Waals surface area contributed by atoms with Crippen molar-refractivity contribution < 1.29 is 27.8 Å². The van der Waals surface area contributed by atoms with Gasteiger partial charge in [-0.15, -0.1) is 13.2 Å². The Morgan fingerprint density at radius 3 is 2.76 bits per heavy atom. The molecular weight excluding hydrogens is 287 g/mol. The lowest BCUT2D eigenvalue weighted by atomic mass is 10.3. The second-order valence-corrected chi connectivity index (χ2v) is 4.54. The molecule has 7 heteroatoms. The van der Waals surface area contributed by atoms with E-state index in [2.05, 4.69) is 10.1 Å². The van der Waals surface area contributed by atoms with Gasteiger partial charge in [0.1, 0.15) is 5.75 Å². The molecule has 0 amide bonds. The minimum Gasteiger partial charge on any atom is -0.406 e. The number of rotatable bonds is 9. The molecule has 1 aromatic carbocycles. The molecule has 0 aromatic heterocycles. The van der Waals surface area contributed by atoms with Gasteiger partial charge >= 0.3 is 6.36 Å². The smallest absolute Gasteiger partial charge is 0.406 e. The first-order valence-electron chi connectivity index (χ1n) is 6.76. The summed E-state index contributed by atoms with van der Waals surface area (Å²) in [7, 11) is 0. The molecule has 1 rings (SSSR count). The lowest BCUT2D eigenvalue weighted by molar-refractivity contribution is -0.274. The molecule has 0 heterocycles. The molecule has 0 radical (unpaired) electrons. The number of ether oxygens (including phenoxy) is 2. The Hall–Kier alpha value is -1.47. The van der Waals surface area contributed by atoms with Crippen molar-refractivity contribution in [2.45, 2.75) is 32.2 Å². The molecule has 0 spiro atoms. The van der Waals surface area contributed by atoms with Gasteiger partial charge in [-0.25, -0.2) is 0 Å². The summed E-state index contributed by atoms with van der Waals surface area (Å²) in [5, 5.41) is 12.5. The molecule has 1 aromatic rings. The highest BCUT2D eigenvalue weighted by atomic mass is 19.4. The Bertz CT molecular complexity index is 413. The topological polar surface area (TPSA) is 50.7 Å². The van der Waals surface area contributed by atoms with Crippen molar-refractivity contribution in [1.29, 1.82) is 0 Å². The van der Waals surface area contributed by atoms with E-state index in [-0.39, 0.29) is 18.9 Å². The predicted octanol–water partition coefficient (Wildman–Crippen LogP) is 3.17. The van der Waals surface area contributed by atoms with Crippen LogP contribution in [0.25, 0.3) is 0 Å². The number of aliphatic hydroxyl groups excluding tert-OH is 1. The van der Waals surface area contributed by atoms with E-state index in [1.165, 1.54) is 18.2 Å². The third-order valence-corrected chi connectivity index (χ3v) is 2.56. The summed E-state index contributed by atoms with van der Waals surface area (Å²) < 4.78 is 45.3. The van der Waals surface area contributed by atoms with Crippen LogP contribution in [0.3, 0.4) is 0 Å². The molecule has 21 heavy (non-hydrogen) atoms. The van der Waals surface area contributed by atoms with Gasteiger partial charge in [-0.05, 0) is 18.6 Å². The van der Waals surface area contributed by atoms with Crippen molar-refractivity contribution in [3.05, 3.63) is 24.3 Å². The normalized spacial score (nSPS) is 13.0. The highest BCUT2D eigenvalue weighted by Gasteiger charge is 2.31. The number of nitrogens with one attached hydrogen (secondary N) is 1. The van der Waals surface area contributed by atoms with E-state index in [1.807, 2.05) is 6.92 Å². The molecule has 0 aliphatic rings. The van der Waals surface area contributed by atoms with E-state index in [1.54, 1.807) is 6.07 Å². The van der Waals surface area contributed by atoms with Gasteiger partial charge in [-0.3, -0.25) is 0 Å². The van der Waals surface area contributed by atoms with Crippen LogP contribution in [0.15, 0.2) is 24.3 Å². The number of aliphatic hydroxyl groups is 1. The maximum Gasteiger partial charge on any atom is 0.573 e. The van der Waals surface area contributed by atoms with Crippen molar-refractivity contribution >= 4 is 5.69 Å². The quantitative estimate of drug-likeness (QED) is 0.688. The summed E-state index contributed by atoms with van der Waals surface area (Å²) in [6.45, 7) is 2.99. The van der Waals surface area contributed by atoms with Crippen LogP contribution >= 0.6 is 0 Å². The fourth-order valence-corrected chi connectivity index (χ4v) is 1.56. The molecule has 0 aliphatic heterocycles. The molecule has 1 unspecified atom stereocenters. The molecule has 0 saturated carbocycles. The number of halogens is 3. The first-order chi connectivity index (χ1) is 9.90. The van der Waals surface area contributed by atoms with E-state index in [9.17, 15) is 18.3 Å². The Labute approximate surface area is 121 Å². The van der Waals surface area contributed by atoms with Crippen molar-refractivity contribution in [1.82, 2.24) is 0 Å². The third-order valence-electron chi connectivity index (χ3n) is 2.56. The minimum absolute atomic E-state index is 0.182. The van der Waals surface area contributed by atoms with Crippen LogP contribution in [-0.4, -0.2) is 37.3 Å². The van der Waals surface area contributed by atoms with Gasteiger partial charge in [0, 0.05) is 24.9 Å². The predicted molar refractivity (Wildman–Crippen MR) is 73.3 cm³/mol. The van der Waals surface area contributed by atoms with Gasteiger partial charge in [-0.1, -0.05) is 19.4 Å². The number of alkyl halides is 3. The summed E-state index contributed by atoms with van der Waals surface area (Å²) in [6.07, 6.45) is -3.50. The van der Waals surface area contributed by atoms with Crippen LogP contribution in [0.4, 0.5) is 18.9 Å². The SMILES string of the molecule is CCCCOCC(O)CNc1cccc(OC(F)(F)F)c1. The van der Waals surface area contributed by atoms with Gasteiger partial charge in [0.15, 0.2) is 0 Å². The van der Waals surface area contributed by atoms with Gasteiger partial charge in [0.2, 0.25) is 0 Å². The van der Waals surface area contributed by atoms with E-state index in [0.717, 1.165) is 12.8 Å². The second kappa shape index (κ2) is 8.74. The fraction of sp³-hybridized carbons (Fsp3) is 0.571. The van der Waals surface area contributed by atoms with Crippen molar-refractivity contribution in [3.63, 3.8) is 0 Å². The van der Waals surface area contributed by atoms with Gasteiger partial charge in [-0.2, -0.15) is 0 Å². The highest BCUT2D eigenvalue weighted by molar-refractivity contribution is 5.48. The van der Waals surface area contributed by atoms with Gasteiger partial charge in [0.05, 0.1) is 12.7 Å². The number of hydrogen-bond acceptors (Lipinski definition) is 4. The van der Waals surface area contributed by atoms with Crippen LogP contribution in [0.1, 0.15) is 19.8 Å². The number of benzene rings is 1. The average molecular weight is 307 g/mol. The van der Waals surface area contributed by atoms with E-state index in [4.69, 9.17) is 4.74 Å². The minimum atomic E-state index is -4.72. The largest absolute Gasteiger partial charge is 0.573 e. The van der Waals surface area contributed by atoms with Crippen LogP contribution < -0.4 is 10.1 Å². The van der Waals surface area contributed by atoms with E-state index >= 15 is 0 Å². The Morgan fingerprint density at radius 1 is 1.33 bits per heavy atom. The van der Waals surface area contributed by atoms with Gasteiger partial charge in [0.25, 0.3) is 0 Å². The number of unbranched alkanes of at least 4 members (excludes halogenated alkanes) is 1. The Kier molecular flexibility index (Phi) is 7.31. The second-order valence-electron chi connectivity index (χ2n) is 4.54. The zero-order chi connectivity index (χ0) is 15.7. The lowest BCUT2D eigenvalue weighted by Crippen LogP contribution is -2.25. The summed E-state index contributed by atoms with van der Waals surface area (Å²) in [5.74, 6) is -0.304. The zero-order valence-corrected chi connectivity index (χ0v) is 11.8. The molecular formula is C14H20F3NO3. The van der Waals surface area contributed by atoms with Crippen molar-refractivity contribution in [3.8, 4) is 5.75 Å². The monoisotopic (exact) mass is 307 g/mol. The summed E-state index contributed by atoms with van der Waals surface area (Å²) in [6, 6.07) is 5.46. The average Bonchev–Trinajstić information content (AvgIpc) is 2.40. The van der Waals surface area contributed by atoms with Crippen LogP contribution in [-0.2, 0) is 4.74 Å². The van der Waals surface area contributed by atoms with Crippen LogP contribution in [0, 0.1) is 0 Å². The fourth-order valence-electron chi connectivity index (χ4n) is 1.56. The maximum absolute atomic E-state index is 12.1. The molecule has 0 bridgehead atoms. The molecule has 4 nitrogen and oxygen atoms in total. The molecule has 0 aliphatic carbocycles. The summed E-state index contributed by atoms with van der Waals surface area (Å²) >= 11 is 0. The van der Waals surface area contributed by atoms with Crippen LogP contribution in [0.2, 0.25) is 0 Å². The Balaban J connectivity index is 2.36. The third kappa shape index (κ3) is 8.41. The van der Waals surface area contributed by atoms with Crippen molar-refractivity contribution in [2.24, 2.45) is 0 Å². The maximum atomic E-state index is 12.1. The van der Waals surface area contributed by atoms with Gasteiger partial charge < -0.3 is 19.9 Å². The first kappa shape index (κ1) is 17.6. The molecule has 0 saturated heterocycles. The van der Waals surface area contributed by atoms with Crippen LogP contribution in [0.5, 0.6) is 5.75 Å². The summed E-state index contributed by atoms with van der Waals surface area (Å²) in [4.78, 5) is 0. The number of hydrogen-bond donors (Lipinski definition) is 2. The Morgan fingerprint density at radius 2 is 2.10 bits per heavy atom. The lowest BCUT2D eigenvalue weighted by Gasteiger charge is -2.14. The highest BCUT2D eigenvalue weighted by Crippen LogP contribution is 2.24. The van der Waals surface area contributed by atoms with Crippen molar-refractivity contribution in [2.75, 3.05) is 25.1 Å². The summed E-state index contributed by atoms with van der Waals surface area (Å²) in [5.41, 5.74) is 0.435. The van der Waals surface area contributed by atoms with E-state index < -0.39 is 12.5 Å². The molecule has 1 atom stereocenters.